The van der Waals surface area contributed by atoms with Gasteiger partial charge in [0.1, 0.15) is 5.75 Å². The lowest BCUT2D eigenvalue weighted by Crippen LogP contribution is -2.13. The van der Waals surface area contributed by atoms with Crippen LogP contribution in [0.4, 0.5) is 0 Å². The number of hydrogen-bond donors (Lipinski definition) is 0. The van der Waals surface area contributed by atoms with Gasteiger partial charge in [-0.05, 0) is 11.5 Å². The fourth-order valence-corrected chi connectivity index (χ4v) is 1.27. The Morgan fingerprint density at radius 2 is 2.07 bits per heavy atom. The SMILES string of the molecule is COc1cncc(C(=O)CC(C)(C)C)c1. The molecule has 0 saturated carbocycles. The molecule has 3 nitrogen and oxygen atoms in total. The maximum absolute atomic E-state index is 11.8. The highest BCUT2D eigenvalue weighted by atomic mass is 16.5. The van der Waals surface area contributed by atoms with Crippen LogP contribution in [0, 0.1) is 5.41 Å². The second-order valence-electron chi connectivity index (χ2n) is 4.77. The van der Waals surface area contributed by atoms with Gasteiger partial charge < -0.3 is 4.74 Å². The van der Waals surface area contributed by atoms with Crippen LogP contribution < -0.4 is 4.74 Å². The maximum atomic E-state index is 11.8. The van der Waals surface area contributed by atoms with Gasteiger partial charge in [0.05, 0.1) is 13.3 Å². The van der Waals surface area contributed by atoms with Gasteiger partial charge in [-0.25, -0.2) is 0 Å². The first-order valence-corrected chi connectivity index (χ1v) is 4.94. The van der Waals surface area contributed by atoms with Crippen molar-refractivity contribution in [1.82, 2.24) is 4.98 Å². The summed E-state index contributed by atoms with van der Waals surface area (Å²) in [7, 11) is 1.56. The van der Waals surface area contributed by atoms with Gasteiger partial charge in [-0.2, -0.15) is 0 Å². The normalized spacial score (nSPS) is 11.2. The molecule has 1 aromatic heterocycles. The fraction of sp³-hybridized carbons (Fsp3) is 0.500. The van der Waals surface area contributed by atoms with Crippen molar-refractivity contribution in [2.45, 2.75) is 27.2 Å². The van der Waals surface area contributed by atoms with E-state index in [0.717, 1.165) is 0 Å². The van der Waals surface area contributed by atoms with Gasteiger partial charge in [0, 0.05) is 18.2 Å². The number of methoxy groups -OCH3 is 1. The summed E-state index contributed by atoms with van der Waals surface area (Å²) in [5, 5.41) is 0. The van der Waals surface area contributed by atoms with Crippen molar-refractivity contribution >= 4 is 5.78 Å². The Kier molecular flexibility index (Phi) is 3.45. The van der Waals surface area contributed by atoms with E-state index in [0.29, 0.717) is 17.7 Å². The molecular weight excluding hydrogens is 190 g/mol. The van der Waals surface area contributed by atoms with Gasteiger partial charge in [0.15, 0.2) is 5.78 Å². The van der Waals surface area contributed by atoms with E-state index in [1.54, 1.807) is 25.6 Å². The summed E-state index contributed by atoms with van der Waals surface area (Å²) in [6.07, 6.45) is 3.69. The van der Waals surface area contributed by atoms with Crippen molar-refractivity contribution in [2.24, 2.45) is 5.41 Å². The molecule has 1 heterocycles. The zero-order chi connectivity index (χ0) is 11.5. The monoisotopic (exact) mass is 207 g/mol. The van der Waals surface area contributed by atoms with E-state index in [9.17, 15) is 4.79 Å². The van der Waals surface area contributed by atoms with Gasteiger partial charge in [-0.3, -0.25) is 9.78 Å². The molecule has 0 bridgehead atoms. The van der Waals surface area contributed by atoms with Crippen molar-refractivity contribution in [3.05, 3.63) is 24.0 Å². The van der Waals surface area contributed by atoms with Gasteiger partial charge >= 0.3 is 0 Å². The van der Waals surface area contributed by atoms with Crippen LogP contribution in [-0.2, 0) is 0 Å². The van der Waals surface area contributed by atoms with E-state index >= 15 is 0 Å². The lowest BCUT2D eigenvalue weighted by Gasteiger charge is -2.16. The van der Waals surface area contributed by atoms with Crippen molar-refractivity contribution in [3.8, 4) is 5.75 Å². The second kappa shape index (κ2) is 4.43. The summed E-state index contributed by atoms with van der Waals surface area (Å²) in [5.74, 6) is 0.726. The zero-order valence-electron chi connectivity index (χ0n) is 9.70. The standard InChI is InChI=1S/C12H17NO2/c1-12(2,3)6-11(14)9-5-10(15-4)8-13-7-9/h5,7-8H,6H2,1-4H3. The minimum Gasteiger partial charge on any atom is -0.495 e. The van der Waals surface area contributed by atoms with Crippen LogP contribution in [0.3, 0.4) is 0 Å². The number of hydrogen-bond acceptors (Lipinski definition) is 3. The number of carbonyl (C=O) groups excluding carboxylic acids is 1. The number of carbonyl (C=O) groups is 1. The second-order valence-corrected chi connectivity index (χ2v) is 4.77. The Hall–Kier alpha value is -1.38. The van der Waals surface area contributed by atoms with Gasteiger partial charge in [-0.1, -0.05) is 20.8 Å². The number of nitrogens with zero attached hydrogens (tertiary/aromatic N) is 1. The Bertz CT molecular complexity index is 353. The minimum atomic E-state index is 0.000159. The molecule has 3 heteroatoms. The van der Waals surface area contributed by atoms with Crippen LogP contribution in [0.25, 0.3) is 0 Å². The number of ketones is 1. The Morgan fingerprint density at radius 1 is 1.40 bits per heavy atom. The van der Waals surface area contributed by atoms with E-state index in [2.05, 4.69) is 4.98 Å². The molecule has 0 spiro atoms. The van der Waals surface area contributed by atoms with Gasteiger partial charge in [0.25, 0.3) is 0 Å². The minimum absolute atomic E-state index is 0.000159. The summed E-state index contributed by atoms with van der Waals surface area (Å²) in [4.78, 5) is 15.8. The molecule has 0 aliphatic rings. The van der Waals surface area contributed by atoms with Crippen LogP contribution in [-0.4, -0.2) is 17.9 Å². The number of ether oxygens (including phenoxy) is 1. The Labute approximate surface area is 90.5 Å². The lowest BCUT2D eigenvalue weighted by atomic mass is 9.88. The highest BCUT2D eigenvalue weighted by molar-refractivity contribution is 5.96. The number of aromatic nitrogens is 1. The van der Waals surface area contributed by atoms with Crippen LogP contribution in [0.2, 0.25) is 0 Å². The zero-order valence-corrected chi connectivity index (χ0v) is 9.70. The summed E-state index contributed by atoms with van der Waals surface area (Å²) in [5.41, 5.74) is 0.615. The van der Waals surface area contributed by atoms with Crippen LogP contribution in [0.5, 0.6) is 5.75 Å². The largest absolute Gasteiger partial charge is 0.495 e. The lowest BCUT2D eigenvalue weighted by molar-refractivity contribution is 0.0939. The topological polar surface area (TPSA) is 39.2 Å². The van der Waals surface area contributed by atoms with Crippen LogP contribution in [0.15, 0.2) is 18.5 Å². The molecule has 0 aliphatic carbocycles. The predicted octanol–water partition coefficient (Wildman–Crippen LogP) is 2.71. The average Bonchev–Trinajstić information content (AvgIpc) is 2.15. The smallest absolute Gasteiger partial charge is 0.165 e. The first-order chi connectivity index (χ1) is 6.92. The van der Waals surface area contributed by atoms with Crippen molar-refractivity contribution in [1.29, 1.82) is 0 Å². The molecule has 0 amide bonds. The number of pyridine rings is 1. The van der Waals surface area contributed by atoms with E-state index in [1.807, 2.05) is 20.8 Å². The molecule has 1 rings (SSSR count). The molecule has 0 aromatic carbocycles. The fourth-order valence-electron chi connectivity index (χ4n) is 1.27. The highest BCUT2D eigenvalue weighted by Crippen LogP contribution is 2.22. The van der Waals surface area contributed by atoms with E-state index in [1.165, 1.54) is 0 Å². The molecule has 0 fully saturated rings. The number of Topliss-reactive ketones (excluding diaryl/α,β-unsaturated/α-hetero) is 1. The van der Waals surface area contributed by atoms with Gasteiger partial charge in [0.2, 0.25) is 0 Å². The third kappa shape index (κ3) is 3.70. The molecule has 1 aromatic rings. The first-order valence-electron chi connectivity index (χ1n) is 4.94. The maximum Gasteiger partial charge on any atom is 0.165 e. The first kappa shape index (κ1) is 11.7. The third-order valence-electron chi connectivity index (χ3n) is 1.96. The molecular formula is C12H17NO2. The molecule has 0 unspecified atom stereocenters. The quantitative estimate of drug-likeness (QED) is 0.715. The highest BCUT2D eigenvalue weighted by Gasteiger charge is 2.17. The summed E-state index contributed by atoms with van der Waals surface area (Å²) < 4.78 is 5.02. The molecule has 0 saturated heterocycles. The Balaban J connectivity index is 2.82. The van der Waals surface area contributed by atoms with Crippen molar-refractivity contribution in [3.63, 3.8) is 0 Å². The summed E-state index contributed by atoms with van der Waals surface area (Å²) in [6, 6.07) is 1.72. The average molecular weight is 207 g/mol. The Morgan fingerprint density at radius 3 is 2.60 bits per heavy atom. The van der Waals surface area contributed by atoms with E-state index in [4.69, 9.17) is 4.74 Å². The van der Waals surface area contributed by atoms with Crippen LogP contribution >= 0.6 is 0 Å². The summed E-state index contributed by atoms with van der Waals surface area (Å²) >= 11 is 0. The van der Waals surface area contributed by atoms with E-state index < -0.39 is 0 Å². The molecule has 0 N–H and O–H groups in total. The molecule has 82 valence electrons. The molecule has 0 radical (unpaired) electrons. The molecule has 0 atom stereocenters. The van der Waals surface area contributed by atoms with Gasteiger partial charge in [-0.15, -0.1) is 0 Å². The van der Waals surface area contributed by atoms with Crippen molar-refractivity contribution in [2.75, 3.05) is 7.11 Å². The van der Waals surface area contributed by atoms with Crippen LogP contribution in [0.1, 0.15) is 37.6 Å². The predicted molar refractivity (Wildman–Crippen MR) is 59.2 cm³/mol. The molecule has 15 heavy (non-hydrogen) atoms. The third-order valence-corrected chi connectivity index (χ3v) is 1.96. The van der Waals surface area contributed by atoms with E-state index in [-0.39, 0.29) is 11.2 Å². The van der Waals surface area contributed by atoms with Crippen molar-refractivity contribution < 1.29 is 9.53 Å². The summed E-state index contributed by atoms with van der Waals surface area (Å²) in [6.45, 7) is 6.12. The molecule has 0 aliphatic heterocycles. The number of rotatable bonds is 3.